The van der Waals surface area contributed by atoms with E-state index in [9.17, 15) is 0 Å². The van der Waals surface area contributed by atoms with Crippen molar-refractivity contribution in [2.24, 2.45) is 0 Å². The summed E-state index contributed by atoms with van der Waals surface area (Å²) in [5.74, 6) is 1.80. The molecule has 3 aromatic rings. The first-order chi connectivity index (χ1) is 9.26. The third-order valence-corrected chi connectivity index (χ3v) is 3.01. The van der Waals surface area contributed by atoms with Gasteiger partial charge in [-0.25, -0.2) is 9.67 Å². The Labute approximate surface area is 111 Å². The van der Waals surface area contributed by atoms with Gasteiger partial charge in [0.05, 0.1) is 6.20 Å². The Morgan fingerprint density at radius 3 is 2.95 bits per heavy atom. The van der Waals surface area contributed by atoms with E-state index >= 15 is 0 Å². The van der Waals surface area contributed by atoms with Gasteiger partial charge in [-0.1, -0.05) is 0 Å². The van der Waals surface area contributed by atoms with Crippen molar-refractivity contribution >= 4 is 11.0 Å². The fraction of sp³-hybridized carbons (Fsp3) is 0.286. The summed E-state index contributed by atoms with van der Waals surface area (Å²) < 4.78 is 7.43. The zero-order chi connectivity index (χ0) is 13.2. The van der Waals surface area contributed by atoms with Crippen molar-refractivity contribution < 1.29 is 4.42 Å². The second-order valence-electron chi connectivity index (χ2n) is 4.60. The van der Waals surface area contributed by atoms with Crippen LogP contribution in [-0.2, 0) is 13.1 Å². The van der Waals surface area contributed by atoms with Gasteiger partial charge in [-0.3, -0.25) is 0 Å². The maximum absolute atomic E-state index is 5.57. The molecule has 3 heterocycles. The van der Waals surface area contributed by atoms with Gasteiger partial charge in [0.25, 0.3) is 0 Å². The van der Waals surface area contributed by atoms with Crippen LogP contribution in [-0.4, -0.2) is 21.8 Å². The molecule has 0 saturated carbocycles. The number of aryl methyl sites for hydroxylation is 1. The molecule has 0 spiro atoms. The van der Waals surface area contributed by atoms with Gasteiger partial charge >= 0.3 is 0 Å². The first-order valence-corrected chi connectivity index (χ1v) is 6.26. The predicted octanol–water partition coefficient (Wildman–Crippen LogP) is 2.10. The molecule has 0 radical (unpaired) electrons. The molecule has 98 valence electrons. The third kappa shape index (κ3) is 2.37. The van der Waals surface area contributed by atoms with Crippen LogP contribution in [0.15, 0.2) is 35.0 Å². The van der Waals surface area contributed by atoms with E-state index in [1.165, 1.54) is 0 Å². The molecule has 1 N–H and O–H groups in total. The van der Waals surface area contributed by atoms with Crippen LogP contribution in [0.2, 0.25) is 0 Å². The Kier molecular flexibility index (Phi) is 3.05. The van der Waals surface area contributed by atoms with Gasteiger partial charge in [-0.2, -0.15) is 5.10 Å². The van der Waals surface area contributed by atoms with E-state index in [1.807, 2.05) is 43.2 Å². The van der Waals surface area contributed by atoms with Gasteiger partial charge in [-0.05, 0) is 37.7 Å². The monoisotopic (exact) mass is 256 g/mol. The smallest absolute Gasteiger partial charge is 0.158 e. The molecule has 0 aromatic carbocycles. The summed E-state index contributed by atoms with van der Waals surface area (Å²) in [6.07, 6.45) is 3.72. The van der Waals surface area contributed by atoms with Gasteiger partial charge in [0.15, 0.2) is 5.65 Å². The second-order valence-corrected chi connectivity index (χ2v) is 4.60. The molecule has 0 atom stereocenters. The highest BCUT2D eigenvalue weighted by molar-refractivity contribution is 5.75. The largest absolute Gasteiger partial charge is 0.464 e. The molecule has 0 saturated heterocycles. The molecular formula is C14H16N4O. The molecule has 0 fully saturated rings. The molecule has 3 aromatic heterocycles. The number of pyridine rings is 1. The molecule has 0 bridgehead atoms. The number of nitrogens with one attached hydrogen (secondary N) is 1. The minimum absolute atomic E-state index is 0.607. The highest BCUT2D eigenvalue weighted by Gasteiger charge is 2.07. The lowest BCUT2D eigenvalue weighted by Gasteiger charge is -2.02. The van der Waals surface area contributed by atoms with Crippen LogP contribution < -0.4 is 5.32 Å². The topological polar surface area (TPSA) is 55.9 Å². The van der Waals surface area contributed by atoms with E-state index in [0.717, 1.165) is 34.7 Å². The van der Waals surface area contributed by atoms with Crippen LogP contribution >= 0.6 is 0 Å². The summed E-state index contributed by atoms with van der Waals surface area (Å²) in [7, 11) is 1.92. The van der Waals surface area contributed by atoms with Crippen molar-refractivity contribution in [2.45, 2.75) is 20.0 Å². The van der Waals surface area contributed by atoms with Crippen LogP contribution in [0.1, 0.15) is 17.1 Å². The first-order valence-electron chi connectivity index (χ1n) is 6.26. The van der Waals surface area contributed by atoms with Crippen molar-refractivity contribution in [1.29, 1.82) is 0 Å². The summed E-state index contributed by atoms with van der Waals surface area (Å²) in [4.78, 5) is 4.48. The van der Waals surface area contributed by atoms with Crippen LogP contribution in [0.5, 0.6) is 0 Å². The lowest BCUT2D eigenvalue weighted by Crippen LogP contribution is -2.06. The molecule has 5 heteroatoms. The van der Waals surface area contributed by atoms with Crippen LogP contribution in [0, 0.1) is 6.92 Å². The number of hydrogen-bond donors (Lipinski definition) is 1. The lowest BCUT2D eigenvalue weighted by molar-refractivity contribution is 0.462. The Morgan fingerprint density at radius 1 is 1.32 bits per heavy atom. The molecule has 0 unspecified atom stereocenters. The van der Waals surface area contributed by atoms with Crippen molar-refractivity contribution in [3.8, 4) is 0 Å². The fourth-order valence-electron chi connectivity index (χ4n) is 2.15. The van der Waals surface area contributed by atoms with Crippen LogP contribution in [0.3, 0.4) is 0 Å². The second kappa shape index (κ2) is 4.85. The Bertz CT molecular complexity index is 698. The fourth-order valence-corrected chi connectivity index (χ4v) is 2.15. The highest BCUT2D eigenvalue weighted by Crippen LogP contribution is 2.15. The normalized spacial score (nSPS) is 11.3. The number of furan rings is 1. The summed E-state index contributed by atoms with van der Waals surface area (Å²) in [6, 6.07) is 6.04. The molecular weight excluding hydrogens is 240 g/mol. The Balaban J connectivity index is 1.92. The van der Waals surface area contributed by atoms with Gasteiger partial charge in [0, 0.05) is 18.1 Å². The van der Waals surface area contributed by atoms with Crippen molar-refractivity contribution in [3.63, 3.8) is 0 Å². The van der Waals surface area contributed by atoms with E-state index in [1.54, 1.807) is 0 Å². The lowest BCUT2D eigenvalue weighted by atomic mass is 10.2. The minimum Gasteiger partial charge on any atom is -0.464 e. The molecule has 0 aliphatic rings. The van der Waals surface area contributed by atoms with E-state index < -0.39 is 0 Å². The zero-order valence-electron chi connectivity index (χ0n) is 11.1. The maximum atomic E-state index is 5.57. The van der Waals surface area contributed by atoms with Crippen molar-refractivity contribution in [1.82, 2.24) is 20.1 Å². The van der Waals surface area contributed by atoms with Crippen LogP contribution in [0.4, 0.5) is 0 Å². The molecule has 0 amide bonds. The highest BCUT2D eigenvalue weighted by atomic mass is 16.3. The van der Waals surface area contributed by atoms with Gasteiger partial charge in [0.1, 0.15) is 18.1 Å². The van der Waals surface area contributed by atoms with Gasteiger partial charge in [-0.15, -0.1) is 0 Å². The standard InChI is InChI=1S/C14H16N4O/c1-10-3-4-13(19-10)9-18-14-12(8-17-18)5-11(6-15-2)7-16-14/h3-5,7-8,15H,6,9H2,1-2H3. The molecule has 0 aliphatic heterocycles. The van der Waals surface area contributed by atoms with Crippen molar-refractivity contribution in [2.75, 3.05) is 7.05 Å². The predicted molar refractivity (Wildman–Crippen MR) is 72.8 cm³/mol. The number of rotatable bonds is 4. The van der Waals surface area contributed by atoms with Crippen LogP contribution in [0.25, 0.3) is 11.0 Å². The quantitative estimate of drug-likeness (QED) is 0.776. The Morgan fingerprint density at radius 2 is 2.21 bits per heavy atom. The molecule has 19 heavy (non-hydrogen) atoms. The number of hydrogen-bond acceptors (Lipinski definition) is 4. The van der Waals surface area contributed by atoms with E-state index in [2.05, 4.69) is 21.5 Å². The zero-order valence-corrected chi connectivity index (χ0v) is 11.1. The molecule has 3 rings (SSSR count). The molecule has 5 nitrogen and oxygen atoms in total. The van der Waals surface area contributed by atoms with E-state index in [4.69, 9.17) is 4.42 Å². The van der Waals surface area contributed by atoms with Gasteiger partial charge < -0.3 is 9.73 Å². The summed E-state index contributed by atoms with van der Waals surface area (Å²) >= 11 is 0. The first kappa shape index (κ1) is 11.9. The average Bonchev–Trinajstić information content (AvgIpc) is 2.97. The Hall–Kier alpha value is -2.14. The SMILES string of the molecule is CNCc1cnc2c(cnn2Cc2ccc(C)o2)c1. The molecule has 0 aliphatic carbocycles. The van der Waals surface area contributed by atoms with Gasteiger partial charge in [0.2, 0.25) is 0 Å². The number of aromatic nitrogens is 3. The summed E-state index contributed by atoms with van der Waals surface area (Å²) in [5.41, 5.74) is 2.04. The maximum Gasteiger partial charge on any atom is 0.158 e. The van der Waals surface area contributed by atoms with E-state index in [0.29, 0.717) is 6.54 Å². The summed E-state index contributed by atoms with van der Waals surface area (Å²) in [6.45, 7) is 3.36. The third-order valence-electron chi connectivity index (χ3n) is 3.01. The van der Waals surface area contributed by atoms with Crippen molar-refractivity contribution in [3.05, 3.63) is 47.7 Å². The minimum atomic E-state index is 0.607. The number of nitrogens with zero attached hydrogens (tertiary/aromatic N) is 3. The summed E-state index contributed by atoms with van der Waals surface area (Å²) in [5, 5.41) is 8.54. The van der Waals surface area contributed by atoms with E-state index in [-0.39, 0.29) is 0 Å². The number of fused-ring (bicyclic) bond motifs is 1. The average molecular weight is 256 g/mol.